The Balaban J connectivity index is 2.12. The summed E-state index contributed by atoms with van der Waals surface area (Å²) in [5, 5.41) is 14.1. The van der Waals surface area contributed by atoms with E-state index in [1.165, 1.54) is 0 Å². The van der Waals surface area contributed by atoms with Gasteiger partial charge >= 0.3 is 5.69 Å². The number of nitro groups is 1. The predicted octanol–water partition coefficient (Wildman–Crippen LogP) is 1.15. The Morgan fingerprint density at radius 3 is 2.86 bits per heavy atom. The fourth-order valence-corrected chi connectivity index (χ4v) is 3.56. The summed E-state index contributed by atoms with van der Waals surface area (Å²) in [6.45, 7) is 1.06. The maximum atomic E-state index is 13.5. The summed E-state index contributed by atoms with van der Waals surface area (Å²) in [4.78, 5) is 9.16. The van der Waals surface area contributed by atoms with Gasteiger partial charge in [-0.2, -0.15) is 4.39 Å². The molecule has 1 atom stereocenters. The minimum absolute atomic E-state index is 0.146. The van der Waals surface area contributed by atoms with E-state index in [1.54, 1.807) is 0 Å². The zero-order valence-electron chi connectivity index (χ0n) is 11.2. The number of nitrogens with one attached hydrogen (secondary N) is 2. The van der Waals surface area contributed by atoms with Gasteiger partial charge in [-0.15, -0.1) is 0 Å². The van der Waals surface area contributed by atoms with Crippen LogP contribution in [0.25, 0.3) is 0 Å². The standard InChI is InChI=1S/C12H16FN3O4S/c13-10-4-1-5-11(12(10)16(17)18)21(19,20)15-8-6-9-3-2-7-14-9/h1,4-5,9,14-15H,2-3,6-8H2/t9-/m1/s1. The number of hydrogen-bond acceptors (Lipinski definition) is 5. The Bertz CT molecular complexity index is 629. The molecule has 9 heteroatoms. The summed E-state index contributed by atoms with van der Waals surface area (Å²) in [5.41, 5.74) is -1.02. The fourth-order valence-electron chi connectivity index (χ4n) is 2.34. The van der Waals surface area contributed by atoms with Crippen LogP contribution in [0.15, 0.2) is 23.1 Å². The summed E-state index contributed by atoms with van der Waals surface area (Å²) in [6, 6.07) is 3.27. The van der Waals surface area contributed by atoms with Crippen LogP contribution in [0.3, 0.4) is 0 Å². The molecule has 0 bridgehead atoms. The number of nitrogens with zero attached hydrogens (tertiary/aromatic N) is 1. The van der Waals surface area contributed by atoms with Crippen LogP contribution in [-0.2, 0) is 10.0 Å². The molecule has 0 aromatic heterocycles. The Hall–Kier alpha value is -1.58. The van der Waals surface area contributed by atoms with Crippen LogP contribution in [0, 0.1) is 15.9 Å². The number of benzene rings is 1. The second-order valence-electron chi connectivity index (χ2n) is 4.82. The minimum atomic E-state index is -4.11. The zero-order chi connectivity index (χ0) is 15.5. The smallest absolute Gasteiger partial charge is 0.314 e. The first-order valence-electron chi connectivity index (χ1n) is 6.58. The van der Waals surface area contributed by atoms with Crippen molar-refractivity contribution in [2.45, 2.75) is 30.2 Å². The summed E-state index contributed by atoms with van der Waals surface area (Å²) in [5.74, 6) is -1.17. The van der Waals surface area contributed by atoms with Crippen molar-refractivity contribution in [1.82, 2.24) is 10.0 Å². The second-order valence-corrected chi connectivity index (χ2v) is 6.56. The summed E-state index contributed by atoms with van der Waals surface area (Å²) >= 11 is 0. The maximum absolute atomic E-state index is 13.5. The van der Waals surface area contributed by atoms with Gasteiger partial charge in [-0.1, -0.05) is 6.07 Å². The lowest BCUT2D eigenvalue weighted by Gasteiger charge is -2.11. The van der Waals surface area contributed by atoms with Gasteiger partial charge in [0.1, 0.15) is 0 Å². The Morgan fingerprint density at radius 2 is 2.24 bits per heavy atom. The first-order chi connectivity index (χ1) is 9.92. The third-order valence-electron chi connectivity index (χ3n) is 3.37. The first-order valence-corrected chi connectivity index (χ1v) is 8.06. The van der Waals surface area contributed by atoms with Crippen LogP contribution >= 0.6 is 0 Å². The monoisotopic (exact) mass is 317 g/mol. The molecule has 1 heterocycles. The molecule has 0 unspecified atom stereocenters. The molecular formula is C12H16FN3O4S. The van der Waals surface area contributed by atoms with Crippen molar-refractivity contribution < 1.29 is 17.7 Å². The molecule has 0 aliphatic carbocycles. The number of nitro benzene ring substituents is 1. The van der Waals surface area contributed by atoms with E-state index >= 15 is 0 Å². The molecule has 0 radical (unpaired) electrons. The van der Waals surface area contributed by atoms with Crippen molar-refractivity contribution in [2.24, 2.45) is 0 Å². The van der Waals surface area contributed by atoms with Gasteiger partial charge < -0.3 is 5.32 Å². The van der Waals surface area contributed by atoms with Crippen molar-refractivity contribution >= 4 is 15.7 Å². The molecule has 1 fully saturated rings. The molecule has 1 aliphatic heterocycles. The predicted molar refractivity (Wildman–Crippen MR) is 73.9 cm³/mol. The molecule has 0 saturated carbocycles. The molecule has 1 saturated heterocycles. The van der Waals surface area contributed by atoms with Gasteiger partial charge in [-0.3, -0.25) is 10.1 Å². The van der Waals surface area contributed by atoms with E-state index in [9.17, 15) is 22.9 Å². The Kier molecular flexibility index (Phi) is 4.86. The third-order valence-corrected chi connectivity index (χ3v) is 4.86. The normalized spacial score (nSPS) is 18.8. The number of para-hydroxylation sites is 1. The number of rotatable bonds is 6. The van der Waals surface area contributed by atoms with Crippen LogP contribution in [0.5, 0.6) is 0 Å². The Labute approximate surface area is 121 Å². The van der Waals surface area contributed by atoms with Crippen LogP contribution in [0.1, 0.15) is 19.3 Å². The van der Waals surface area contributed by atoms with E-state index in [4.69, 9.17) is 0 Å². The highest BCUT2D eigenvalue weighted by atomic mass is 32.2. The SMILES string of the molecule is O=[N+]([O-])c1c(F)cccc1S(=O)(=O)NCC[C@H]1CCCN1. The van der Waals surface area contributed by atoms with E-state index in [2.05, 4.69) is 10.0 Å². The summed E-state index contributed by atoms with van der Waals surface area (Å²) < 4.78 is 39.9. The highest BCUT2D eigenvalue weighted by molar-refractivity contribution is 7.89. The van der Waals surface area contributed by atoms with E-state index in [-0.39, 0.29) is 12.6 Å². The number of sulfonamides is 1. The van der Waals surface area contributed by atoms with Gasteiger partial charge in [0, 0.05) is 12.6 Å². The quantitative estimate of drug-likeness (QED) is 0.605. The molecule has 116 valence electrons. The lowest BCUT2D eigenvalue weighted by atomic mass is 10.2. The van der Waals surface area contributed by atoms with Crippen molar-refractivity contribution in [1.29, 1.82) is 0 Å². The van der Waals surface area contributed by atoms with Crippen molar-refractivity contribution in [2.75, 3.05) is 13.1 Å². The summed E-state index contributed by atoms with van der Waals surface area (Å²) in [7, 11) is -4.11. The van der Waals surface area contributed by atoms with Crippen LogP contribution in [0.2, 0.25) is 0 Å². The molecule has 1 aliphatic rings. The van der Waals surface area contributed by atoms with E-state index < -0.39 is 31.3 Å². The van der Waals surface area contributed by atoms with Gasteiger partial charge in [-0.25, -0.2) is 13.1 Å². The Morgan fingerprint density at radius 1 is 1.48 bits per heavy atom. The summed E-state index contributed by atoms with van der Waals surface area (Å²) in [6.07, 6.45) is 2.61. The topological polar surface area (TPSA) is 101 Å². The molecule has 1 aromatic rings. The van der Waals surface area contributed by atoms with E-state index in [0.29, 0.717) is 6.42 Å². The molecule has 2 rings (SSSR count). The number of hydrogen-bond donors (Lipinski definition) is 2. The maximum Gasteiger partial charge on any atom is 0.324 e. The van der Waals surface area contributed by atoms with E-state index in [1.807, 2.05) is 0 Å². The molecule has 21 heavy (non-hydrogen) atoms. The van der Waals surface area contributed by atoms with Gasteiger partial charge in [0.05, 0.1) is 4.92 Å². The first kappa shape index (κ1) is 15.8. The fraction of sp³-hybridized carbons (Fsp3) is 0.500. The van der Waals surface area contributed by atoms with Crippen LogP contribution in [-0.4, -0.2) is 32.5 Å². The van der Waals surface area contributed by atoms with Gasteiger partial charge in [0.2, 0.25) is 15.8 Å². The highest BCUT2D eigenvalue weighted by Gasteiger charge is 2.29. The molecular weight excluding hydrogens is 301 g/mol. The largest absolute Gasteiger partial charge is 0.324 e. The van der Waals surface area contributed by atoms with Crippen molar-refractivity contribution in [3.8, 4) is 0 Å². The lowest BCUT2D eigenvalue weighted by molar-refractivity contribution is -0.390. The highest BCUT2D eigenvalue weighted by Crippen LogP contribution is 2.26. The molecule has 1 aromatic carbocycles. The van der Waals surface area contributed by atoms with Gasteiger partial charge in [-0.05, 0) is 37.9 Å². The van der Waals surface area contributed by atoms with Crippen molar-refractivity contribution in [3.05, 3.63) is 34.1 Å². The van der Waals surface area contributed by atoms with Crippen LogP contribution < -0.4 is 10.0 Å². The van der Waals surface area contributed by atoms with Gasteiger partial charge in [0.25, 0.3) is 0 Å². The molecule has 0 amide bonds. The average molecular weight is 317 g/mol. The van der Waals surface area contributed by atoms with Crippen LogP contribution in [0.4, 0.5) is 10.1 Å². The average Bonchev–Trinajstić information content (AvgIpc) is 2.91. The number of halogens is 1. The van der Waals surface area contributed by atoms with E-state index in [0.717, 1.165) is 37.6 Å². The third kappa shape index (κ3) is 3.74. The minimum Gasteiger partial charge on any atom is -0.314 e. The molecule has 7 nitrogen and oxygen atoms in total. The molecule has 2 N–H and O–H groups in total. The zero-order valence-corrected chi connectivity index (χ0v) is 12.0. The molecule has 0 spiro atoms. The van der Waals surface area contributed by atoms with Crippen molar-refractivity contribution in [3.63, 3.8) is 0 Å². The lowest BCUT2D eigenvalue weighted by Crippen LogP contribution is -2.31. The van der Waals surface area contributed by atoms with Gasteiger partial charge in [0.15, 0.2) is 4.90 Å². The second kappa shape index (κ2) is 6.46.